The second-order valence-electron chi connectivity index (χ2n) is 6.16. The molecule has 1 unspecified atom stereocenters. The number of amides is 1. The van der Waals surface area contributed by atoms with Crippen molar-refractivity contribution in [3.63, 3.8) is 0 Å². The Bertz CT molecular complexity index is 834. The Hall–Kier alpha value is -2.83. The number of benzene rings is 1. The number of nitrogens with zero attached hydrogens (tertiary/aromatic N) is 2. The number of methoxy groups -OCH3 is 1. The Labute approximate surface area is 152 Å². The molecule has 0 radical (unpaired) electrons. The van der Waals surface area contributed by atoms with Crippen molar-refractivity contribution in [2.75, 3.05) is 20.3 Å². The topological polar surface area (TPSA) is 84.5 Å². The summed E-state index contributed by atoms with van der Waals surface area (Å²) in [6.45, 7) is 2.48. The minimum atomic E-state index is -0.219. The second-order valence-corrected chi connectivity index (χ2v) is 6.16. The van der Waals surface area contributed by atoms with Crippen LogP contribution >= 0.6 is 0 Å². The maximum absolute atomic E-state index is 12.7. The summed E-state index contributed by atoms with van der Waals surface area (Å²) in [5.41, 5.74) is 0.546. The van der Waals surface area contributed by atoms with Crippen LogP contribution in [-0.4, -0.2) is 41.0 Å². The minimum absolute atomic E-state index is 0.0887. The van der Waals surface area contributed by atoms with Gasteiger partial charge in [0.15, 0.2) is 18.1 Å². The van der Waals surface area contributed by atoms with Gasteiger partial charge in [0.1, 0.15) is 5.82 Å². The normalized spacial score (nSPS) is 16.5. The van der Waals surface area contributed by atoms with Crippen LogP contribution in [0.3, 0.4) is 0 Å². The van der Waals surface area contributed by atoms with Crippen molar-refractivity contribution >= 4 is 5.91 Å². The van der Waals surface area contributed by atoms with Crippen molar-refractivity contribution in [1.29, 1.82) is 0 Å². The molecule has 0 aliphatic carbocycles. The predicted octanol–water partition coefficient (Wildman–Crippen LogP) is 2.08. The molecule has 138 valence electrons. The van der Waals surface area contributed by atoms with Gasteiger partial charge < -0.3 is 19.4 Å². The van der Waals surface area contributed by atoms with Crippen molar-refractivity contribution in [3.05, 3.63) is 52.2 Å². The van der Waals surface area contributed by atoms with Crippen LogP contribution in [0.4, 0.5) is 0 Å². The lowest BCUT2D eigenvalue weighted by molar-refractivity contribution is -0.134. The van der Waals surface area contributed by atoms with Crippen LogP contribution in [0.25, 0.3) is 0 Å². The highest BCUT2D eigenvalue weighted by Gasteiger charge is 2.32. The lowest BCUT2D eigenvalue weighted by atomic mass is 10.2. The number of aryl methyl sites for hydroxylation is 1. The molecule has 1 fully saturated rings. The van der Waals surface area contributed by atoms with Gasteiger partial charge in [0.05, 0.1) is 13.2 Å². The van der Waals surface area contributed by atoms with E-state index in [1.165, 1.54) is 6.07 Å². The molecule has 2 aromatic rings. The van der Waals surface area contributed by atoms with E-state index in [2.05, 4.69) is 9.97 Å². The summed E-state index contributed by atoms with van der Waals surface area (Å²) in [7, 11) is 1.56. The molecule has 1 aromatic heterocycles. The molecule has 3 rings (SSSR count). The smallest absolute Gasteiger partial charge is 0.261 e. The number of likely N-dealkylation sites (tertiary alicyclic amines) is 1. The molecule has 1 atom stereocenters. The molecule has 7 nitrogen and oxygen atoms in total. The maximum atomic E-state index is 12.7. The van der Waals surface area contributed by atoms with E-state index in [1.807, 2.05) is 19.1 Å². The summed E-state index contributed by atoms with van der Waals surface area (Å²) in [4.78, 5) is 33.5. The van der Waals surface area contributed by atoms with Crippen LogP contribution in [0.1, 0.15) is 37.3 Å². The average Bonchev–Trinajstić information content (AvgIpc) is 3.15. The first kappa shape index (κ1) is 18.0. The number of carbonyl (C=O) groups is 1. The molecule has 1 N–H and O–H groups in total. The van der Waals surface area contributed by atoms with Crippen molar-refractivity contribution < 1.29 is 14.3 Å². The standard InChI is InChI=1S/C19H23N3O4/c1-3-13-11-17(23)21-19(20-13)14-7-6-10-22(14)18(24)12-26-16-9-5-4-8-15(16)25-2/h4-5,8-9,11,14H,3,6-7,10,12H2,1-2H3,(H,20,21,23). The molecule has 26 heavy (non-hydrogen) atoms. The number of carbonyl (C=O) groups excluding carboxylic acids is 1. The van der Waals surface area contributed by atoms with Crippen molar-refractivity contribution in [2.24, 2.45) is 0 Å². The van der Waals surface area contributed by atoms with Crippen LogP contribution in [0.15, 0.2) is 35.1 Å². The molecule has 1 aliphatic rings. The minimum Gasteiger partial charge on any atom is -0.493 e. The summed E-state index contributed by atoms with van der Waals surface area (Å²) in [5.74, 6) is 1.53. The van der Waals surface area contributed by atoms with Crippen LogP contribution in [0.2, 0.25) is 0 Å². The van der Waals surface area contributed by atoms with Gasteiger partial charge in [-0.15, -0.1) is 0 Å². The first-order valence-corrected chi connectivity index (χ1v) is 8.77. The van der Waals surface area contributed by atoms with Crippen LogP contribution in [-0.2, 0) is 11.2 Å². The van der Waals surface area contributed by atoms with Gasteiger partial charge in [0.25, 0.3) is 11.5 Å². The fourth-order valence-electron chi connectivity index (χ4n) is 3.18. The number of rotatable bonds is 6. The Morgan fingerprint density at radius 1 is 1.35 bits per heavy atom. The Kier molecular flexibility index (Phi) is 5.55. The van der Waals surface area contributed by atoms with E-state index in [9.17, 15) is 9.59 Å². The highest BCUT2D eigenvalue weighted by Crippen LogP contribution is 2.30. The monoisotopic (exact) mass is 357 g/mol. The third-order valence-corrected chi connectivity index (χ3v) is 4.48. The molecule has 1 saturated heterocycles. The quantitative estimate of drug-likeness (QED) is 0.856. The third-order valence-electron chi connectivity index (χ3n) is 4.48. The van der Waals surface area contributed by atoms with E-state index in [1.54, 1.807) is 24.1 Å². The van der Waals surface area contributed by atoms with Gasteiger partial charge in [-0.3, -0.25) is 9.59 Å². The highest BCUT2D eigenvalue weighted by atomic mass is 16.5. The summed E-state index contributed by atoms with van der Waals surface area (Å²) < 4.78 is 10.9. The van der Waals surface area contributed by atoms with Crippen molar-refractivity contribution in [1.82, 2.24) is 14.9 Å². The number of nitrogens with one attached hydrogen (secondary N) is 1. The van der Waals surface area contributed by atoms with E-state index in [-0.39, 0.29) is 24.1 Å². The number of H-pyrrole nitrogens is 1. The first-order valence-electron chi connectivity index (χ1n) is 8.77. The molecule has 0 saturated carbocycles. The first-order chi connectivity index (χ1) is 12.6. The Morgan fingerprint density at radius 2 is 2.12 bits per heavy atom. The molecular weight excluding hydrogens is 334 g/mol. The van der Waals surface area contributed by atoms with Gasteiger partial charge in [0, 0.05) is 18.3 Å². The van der Waals surface area contributed by atoms with Gasteiger partial charge in [-0.05, 0) is 31.4 Å². The third kappa shape index (κ3) is 3.87. The predicted molar refractivity (Wildman–Crippen MR) is 96.4 cm³/mol. The number of ether oxygens (including phenoxy) is 2. The van der Waals surface area contributed by atoms with E-state index in [0.717, 1.165) is 18.5 Å². The summed E-state index contributed by atoms with van der Waals surface area (Å²) in [6.07, 6.45) is 2.32. The van der Waals surface area contributed by atoms with Crippen LogP contribution in [0, 0.1) is 0 Å². The molecule has 1 amide bonds. The number of aromatic amines is 1. The van der Waals surface area contributed by atoms with E-state index < -0.39 is 0 Å². The molecule has 0 bridgehead atoms. The van der Waals surface area contributed by atoms with Crippen molar-refractivity contribution in [2.45, 2.75) is 32.2 Å². The van der Waals surface area contributed by atoms with E-state index in [0.29, 0.717) is 30.3 Å². The fraction of sp³-hybridized carbons (Fsp3) is 0.421. The number of hydrogen-bond acceptors (Lipinski definition) is 5. The molecular formula is C19H23N3O4. The Balaban J connectivity index is 1.72. The van der Waals surface area contributed by atoms with Gasteiger partial charge in [-0.25, -0.2) is 4.98 Å². The van der Waals surface area contributed by atoms with Crippen molar-refractivity contribution in [3.8, 4) is 11.5 Å². The molecule has 2 heterocycles. The zero-order valence-electron chi connectivity index (χ0n) is 15.0. The Morgan fingerprint density at radius 3 is 2.85 bits per heavy atom. The van der Waals surface area contributed by atoms with E-state index >= 15 is 0 Å². The second kappa shape index (κ2) is 8.03. The van der Waals surface area contributed by atoms with Gasteiger partial charge >= 0.3 is 0 Å². The van der Waals surface area contributed by atoms with Crippen LogP contribution in [0.5, 0.6) is 11.5 Å². The van der Waals surface area contributed by atoms with E-state index in [4.69, 9.17) is 9.47 Å². The summed E-state index contributed by atoms with van der Waals surface area (Å²) >= 11 is 0. The number of para-hydroxylation sites is 2. The summed E-state index contributed by atoms with van der Waals surface area (Å²) in [6, 6.07) is 8.48. The van der Waals surface area contributed by atoms with Gasteiger partial charge in [0.2, 0.25) is 0 Å². The zero-order chi connectivity index (χ0) is 18.5. The number of aromatic nitrogens is 2. The fourth-order valence-corrected chi connectivity index (χ4v) is 3.18. The highest BCUT2D eigenvalue weighted by molar-refractivity contribution is 5.78. The molecule has 0 spiro atoms. The summed E-state index contributed by atoms with van der Waals surface area (Å²) in [5, 5.41) is 0. The molecule has 1 aromatic carbocycles. The molecule has 1 aliphatic heterocycles. The van der Waals surface area contributed by atoms with Crippen LogP contribution < -0.4 is 15.0 Å². The zero-order valence-corrected chi connectivity index (χ0v) is 15.0. The molecule has 7 heteroatoms. The van der Waals surface area contributed by atoms with Gasteiger partial charge in [-0.1, -0.05) is 19.1 Å². The average molecular weight is 357 g/mol. The lowest BCUT2D eigenvalue weighted by Gasteiger charge is -2.24. The lowest BCUT2D eigenvalue weighted by Crippen LogP contribution is -2.36. The SMILES string of the molecule is CCc1cc(=O)[nH]c(C2CCCN2C(=O)COc2ccccc2OC)n1. The number of hydrogen-bond donors (Lipinski definition) is 1. The van der Waals surface area contributed by atoms with Gasteiger partial charge in [-0.2, -0.15) is 0 Å². The maximum Gasteiger partial charge on any atom is 0.261 e. The largest absolute Gasteiger partial charge is 0.493 e.